The van der Waals surface area contributed by atoms with Gasteiger partial charge in [0.2, 0.25) is 0 Å². The van der Waals surface area contributed by atoms with Crippen LogP contribution in [-0.2, 0) is 0 Å². The number of benzene rings is 1. The molecule has 0 atom stereocenters. The average molecular weight is 283 g/mol. The number of likely N-dealkylation sites (N-methyl/N-ethyl adjacent to an activating group) is 1. The highest BCUT2D eigenvalue weighted by atomic mass is 32.2. The normalized spacial score (nSPS) is 10.7. The molecular formula is C14H21NO3S. The summed E-state index contributed by atoms with van der Waals surface area (Å²) >= 11 is 1.42. The molecule has 0 fully saturated rings. The zero-order valence-electron chi connectivity index (χ0n) is 11.7. The minimum atomic E-state index is -0.942. The van der Waals surface area contributed by atoms with Gasteiger partial charge in [0, 0.05) is 11.4 Å². The summed E-state index contributed by atoms with van der Waals surface area (Å²) in [5, 5.41) is 9.27. The third kappa shape index (κ3) is 4.44. The van der Waals surface area contributed by atoms with Crippen LogP contribution in [0.1, 0.15) is 24.2 Å². The van der Waals surface area contributed by atoms with Gasteiger partial charge in [0.25, 0.3) is 0 Å². The van der Waals surface area contributed by atoms with Crippen molar-refractivity contribution < 1.29 is 14.6 Å². The summed E-state index contributed by atoms with van der Waals surface area (Å²) in [5.74, 6) is -0.491. The first-order valence-electron chi connectivity index (χ1n) is 6.39. The van der Waals surface area contributed by atoms with Crippen LogP contribution in [-0.4, -0.2) is 48.5 Å². The molecule has 0 aliphatic carbocycles. The minimum absolute atomic E-state index is 0.259. The van der Waals surface area contributed by atoms with Gasteiger partial charge in [0.1, 0.15) is 17.9 Å². The van der Waals surface area contributed by atoms with Crippen LogP contribution in [0.3, 0.4) is 0 Å². The van der Waals surface area contributed by atoms with E-state index in [1.165, 1.54) is 11.8 Å². The van der Waals surface area contributed by atoms with Crippen LogP contribution in [0.4, 0.5) is 0 Å². The van der Waals surface area contributed by atoms with Crippen molar-refractivity contribution in [3.05, 3.63) is 23.8 Å². The molecule has 0 spiro atoms. The average Bonchev–Trinajstić information content (AvgIpc) is 2.42. The lowest BCUT2D eigenvalue weighted by Gasteiger charge is -2.18. The molecule has 1 aromatic carbocycles. The minimum Gasteiger partial charge on any atom is -0.491 e. The quantitative estimate of drug-likeness (QED) is 0.743. The van der Waals surface area contributed by atoms with Gasteiger partial charge < -0.3 is 14.7 Å². The summed E-state index contributed by atoms with van der Waals surface area (Å²) in [7, 11) is 0. The lowest BCUT2D eigenvalue weighted by molar-refractivity contribution is 0.0687. The number of carbonyl (C=O) groups is 1. The van der Waals surface area contributed by atoms with E-state index in [-0.39, 0.29) is 5.56 Å². The van der Waals surface area contributed by atoms with E-state index in [1.54, 1.807) is 12.1 Å². The Hall–Kier alpha value is -1.20. The molecule has 1 rings (SSSR count). The molecule has 106 valence electrons. The number of hydrogen-bond donors (Lipinski definition) is 1. The monoisotopic (exact) mass is 283 g/mol. The highest BCUT2D eigenvalue weighted by Crippen LogP contribution is 2.28. The van der Waals surface area contributed by atoms with Gasteiger partial charge in [-0.1, -0.05) is 19.9 Å². The maximum absolute atomic E-state index is 11.3. The molecule has 0 bridgehead atoms. The molecule has 0 saturated heterocycles. The van der Waals surface area contributed by atoms with E-state index in [1.807, 2.05) is 12.3 Å². The molecule has 0 amide bonds. The Morgan fingerprint density at radius 2 is 2.05 bits per heavy atom. The van der Waals surface area contributed by atoms with Crippen LogP contribution in [0.2, 0.25) is 0 Å². The third-order valence-corrected chi connectivity index (χ3v) is 3.76. The largest absolute Gasteiger partial charge is 0.491 e. The van der Waals surface area contributed by atoms with Crippen molar-refractivity contribution in [3.8, 4) is 5.75 Å². The molecule has 0 heterocycles. The maximum atomic E-state index is 11.3. The molecule has 0 unspecified atom stereocenters. The van der Waals surface area contributed by atoms with Crippen LogP contribution in [0.5, 0.6) is 5.75 Å². The van der Waals surface area contributed by atoms with Crippen LogP contribution in [0.15, 0.2) is 23.1 Å². The van der Waals surface area contributed by atoms with E-state index in [0.717, 1.165) is 24.5 Å². The first-order valence-corrected chi connectivity index (χ1v) is 7.61. The summed E-state index contributed by atoms with van der Waals surface area (Å²) in [4.78, 5) is 14.3. The SMILES string of the molecule is CCN(CC)CCOc1cccc(SC)c1C(=O)O. The molecule has 19 heavy (non-hydrogen) atoms. The van der Waals surface area contributed by atoms with E-state index in [0.29, 0.717) is 12.4 Å². The van der Waals surface area contributed by atoms with Crippen molar-refractivity contribution in [2.45, 2.75) is 18.7 Å². The Bertz CT molecular complexity index is 419. The van der Waals surface area contributed by atoms with Crippen molar-refractivity contribution in [3.63, 3.8) is 0 Å². The van der Waals surface area contributed by atoms with Crippen molar-refractivity contribution in [2.75, 3.05) is 32.5 Å². The number of carboxylic acid groups (broad SMARTS) is 1. The fourth-order valence-electron chi connectivity index (χ4n) is 1.84. The van der Waals surface area contributed by atoms with Gasteiger partial charge in [-0.3, -0.25) is 0 Å². The van der Waals surface area contributed by atoms with Gasteiger partial charge in [-0.15, -0.1) is 11.8 Å². The van der Waals surface area contributed by atoms with Crippen molar-refractivity contribution >= 4 is 17.7 Å². The Morgan fingerprint density at radius 3 is 2.58 bits per heavy atom. The molecule has 4 nitrogen and oxygen atoms in total. The van der Waals surface area contributed by atoms with Crippen LogP contribution in [0.25, 0.3) is 0 Å². The first kappa shape index (κ1) is 15.9. The zero-order chi connectivity index (χ0) is 14.3. The maximum Gasteiger partial charge on any atom is 0.340 e. The fraction of sp³-hybridized carbons (Fsp3) is 0.500. The Kier molecular flexibility index (Phi) is 6.73. The van der Waals surface area contributed by atoms with Crippen LogP contribution in [0, 0.1) is 0 Å². The van der Waals surface area contributed by atoms with E-state index in [4.69, 9.17) is 4.74 Å². The molecule has 5 heteroatoms. The summed E-state index contributed by atoms with van der Waals surface area (Å²) in [6, 6.07) is 5.34. The number of carboxylic acids is 1. The van der Waals surface area contributed by atoms with Crippen molar-refractivity contribution in [2.24, 2.45) is 0 Å². The number of aromatic carboxylic acids is 1. The van der Waals surface area contributed by atoms with Gasteiger partial charge in [0.05, 0.1) is 0 Å². The van der Waals surface area contributed by atoms with Gasteiger partial charge in [-0.25, -0.2) is 4.79 Å². The van der Waals surface area contributed by atoms with E-state index in [2.05, 4.69) is 18.7 Å². The number of nitrogens with zero attached hydrogens (tertiary/aromatic N) is 1. The number of rotatable bonds is 8. The topological polar surface area (TPSA) is 49.8 Å². The number of hydrogen-bond acceptors (Lipinski definition) is 4. The molecule has 1 aromatic rings. The zero-order valence-corrected chi connectivity index (χ0v) is 12.5. The molecule has 0 aliphatic rings. The number of thioether (sulfide) groups is 1. The summed E-state index contributed by atoms with van der Waals surface area (Å²) in [6.07, 6.45) is 1.86. The predicted molar refractivity (Wildman–Crippen MR) is 78.5 cm³/mol. The second kappa shape index (κ2) is 8.07. The molecule has 0 radical (unpaired) electrons. The van der Waals surface area contributed by atoms with Gasteiger partial charge in [-0.2, -0.15) is 0 Å². The second-order valence-electron chi connectivity index (χ2n) is 4.01. The molecule has 0 aromatic heterocycles. The second-order valence-corrected chi connectivity index (χ2v) is 4.86. The molecule has 1 N–H and O–H groups in total. The Labute approximate surface area is 118 Å². The lowest BCUT2D eigenvalue weighted by Crippen LogP contribution is -2.28. The van der Waals surface area contributed by atoms with Gasteiger partial charge in [0.15, 0.2) is 0 Å². The summed E-state index contributed by atoms with van der Waals surface area (Å²) in [5.41, 5.74) is 0.259. The Balaban J connectivity index is 2.75. The van der Waals surface area contributed by atoms with Gasteiger partial charge in [-0.05, 0) is 31.5 Å². The standard InChI is InChI=1S/C14H21NO3S/c1-4-15(5-2)9-10-18-11-7-6-8-12(19-3)13(11)14(16)17/h6-8H,4-5,9-10H2,1-3H3,(H,16,17). The van der Waals surface area contributed by atoms with Crippen LogP contribution >= 0.6 is 11.8 Å². The van der Waals surface area contributed by atoms with E-state index < -0.39 is 5.97 Å². The Morgan fingerprint density at radius 1 is 1.37 bits per heavy atom. The molecule has 0 aliphatic heterocycles. The summed E-state index contributed by atoms with van der Waals surface area (Å²) < 4.78 is 5.64. The highest BCUT2D eigenvalue weighted by molar-refractivity contribution is 7.98. The molecule has 0 saturated carbocycles. The molecular weight excluding hydrogens is 262 g/mol. The van der Waals surface area contributed by atoms with E-state index >= 15 is 0 Å². The predicted octanol–water partition coefficient (Wildman–Crippen LogP) is 2.83. The van der Waals surface area contributed by atoms with Crippen molar-refractivity contribution in [1.29, 1.82) is 0 Å². The number of ether oxygens (including phenoxy) is 1. The third-order valence-electron chi connectivity index (χ3n) is 2.98. The highest BCUT2D eigenvalue weighted by Gasteiger charge is 2.16. The van der Waals surface area contributed by atoms with Crippen LogP contribution < -0.4 is 4.74 Å². The lowest BCUT2D eigenvalue weighted by atomic mass is 10.2. The first-order chi connectivity index (χ1) is 9.13. The van der Waals surface area contributed by atoms with Crippen molar-refractivity contribution in [1.82, 2.24) is 4.90 Å². The van der Waals surface area contributed by atoms with E-state index in [9.17, 15) is 9.90 Å². The van der Waals surface area contributed by atoms with Gasteiger partial charge >= 0.3 is 5.97 Å². The smallest absolute Gasteiger partial charge is 0.340 e. The fourth-order valence-corrected chi connectivity index (χ4v) is 2.44. The summed E-state index contributed by atoms with van der Waals surface area (Å²) in [6.45, 7) is 7.43.